The SMILES string of the molecule is Cc1cc(C)n(CC(=O)Nc2ccccc2C(=O)NCc2ccccn2)c(=O)c1C#N. The predicted octanol–water partition coefficient (Wildman–Crippen LogP) is 2.30. The van der Waals surface area contributed by atoms with Crippen LogP contribution in [0.1, 0.15) is 32.9 Å². The quantitative estimate of drug-likeness (QED) is 0.641. The zero-order chi connectivity index (χ0) is 22.4. The van der Waals surface area contributed by atoms with Gasteiger partial charge in [0.25, 0.3) is 11.5 Å². The van der Waals surface area contributed by atoms with E-state index in [9.17, 15) is 19.6 Å². The third kappa shape index (κ3) is 5.03. The molecule has 31 heavy (non-hydrogen) atoms. The van der Waals surface area contributed by atoms with Gasteiger partial charge in [0.2, 0.25) is 5.91 Å². The van der Waals surface area contributed by atoms with Crippen LogP contribution in [-0.2, 0) is 17.9 Å². The van der Waals surface area contributed by atoms with Crippen LogP contribution < -0.4 is 16.2 Å². The molecule has 0 aliphatic carbocycles. The topological polar surface area (TPSA) is 117 Å². The smallest absolute Gasteiger partial charge is 0.269 e. The zero-order valence-corrected chi connectivity index (χ0v) is 17.2. The number of aryl methyl sites for hydroxylation is 2. The summed E-state index contributed by atoms with van der Waals surface area (Å²) in [6.45, 7) is 3.35. The number of carbonyl (C=O) groups excluding carboxylic acids is 2. The molecule has 8 nitrogen and oxygen atoms in total. The molecule has 0 saturated heterocycles. The minimum atomic E-state index is -0.517. The van der Waals surface area contributed by atoms with Gasteiger partial charge < -0.3 is 15.2 Å². The van der Waals surface area contributed by atoms with Gasteiger partial charge in [0.15, 0.2) is 0 Å². The average Bonchev–Trinajstić information content (AvgIpc) is 2.76. The number of hydrogen-bond acceptors (Lipinski definition) is 5. The first-order valence-electron chi connectivity index (χ1n) is 9.59. The Labute approximate surface area is 179 Å². The number of aromatic nitrogens is 2. The lowest BCUT2D eigenvalue weighted by molar-refractivity contribution is -0.116. The van der Waals surface area contributed by atoms with Crippen molar-refractivity contribution in [2.75, 3.05) is 5.32 Å². The van der Waals surface area contributed by atoms with E-state index in [0.29, 0.717) is 22.6 Å². The van der Waals surface area contributed by atoms with Crippen LogP contribution in [0.15, 0.2) is 59.5 Å². The highest BCUT2D eigenvalue weighted by Crippen LogP contribution is 2.15. The van der Waals surface area contributed by atoms with E-state index in [1.54, 1.807) is 62.5 Å². The summed E-state index contributed by atoms with van der Waals surface area (Å²) >= 11 is 0. The Morgan fingerprint density at radius 2 is 1.87 bits per heavy atom. The summed E-state index contributed by atoms with van der Waals surface area (Å²) in [5, 5.41) is 14.7. The molecule has 0 spiro atoms. The third-order valence-corrected chi connectivity index (χ3v) is 4.72. The average molecular weight is 415 g/mol. The number of rotatable bonds is 6. The van der Waals surface area contributed by atoms with Gasteiger partial charge in [0.05, 0.1) is 23.5 Å². The molecule has 0 fully saturated rings. The zero-order valence-electron chi connectivity index (χ0n) is 17.2. The molecule has 0 atom stereocenters. The number of hydrogen-bond donors (Lipinski definition) is 2. The summed E-state index contributed by atoms with van der Waals surface area (Å²) < 4.78 is 1.24. The molecule has 0 bridgehead atoms. The molecule has 8 heteroatoms. The third-order valence-electron chi connectivity index (χ3n) is 4.72. The molecule has 0 unspecified atom stereocenters. The fourth-order valence-corrected chi connectivity index (χ4v) is 3.15. The largest absolute Gasteiger partial charge is 0.346 e. The summed E-state index contributed by atoms with van der Waals surface area (Å²) in [5.74, 6) is -0.847. The number of carbonyl (C=O) groups is 2. The van der Waals surface area contributed by atoms with Gasteiger partial charge in [-0.1, -0.05) is 18.2 Å². The van der Waals surface area contributed by atoms with Gasteiger partial charge in [-0.15, -0.1) is 0 Å². The van der Waals surface area contributed by atoms with Gasteiger partial charge in [-0.25, -0.2) is 0 Å². The molecule has 2 amide bonds. The number of pyridine rings is 2. The van der Waals surface area contributed by atoms with Gasteiger partial charge >= 0.3 is 0 Å². The fraction of sp³-hybridized carbons (Fsp3) is 0.174. The molecule has 0 aliphatic rings. The summed E-state index contributed by atoms with van der Waals surface area (Å²) in [6.07, 6.45) is 1.64. The normalized spacial score (nSPS) is 10.2. The molecule has 2 heterocycles. The number of nitrogens with zero attached hydrogens (tertiary/aromatic N) is 3. The molecule has 2 N–H and O–H groups in total. The Morgan fingerprint density at radius 1 is 1.13 bits per heavy atom. The number of para-hydroxylation sites is 1. The Hall–Kier alpha value is -4.25. The first-order valence-corrected chi connectivity index (χ1v) is 9.59. The highest BCUT2D eigenvalue weighted by atomic mass is 16.2. The lowest BCUT2D eigenvalue weighted by atomic mass is 10.1. The van der Waals surface area contributed by atoms with Crippen LogP contribution in [0.4, 0.5) is 5.69 Å². The molecule has 3 aromatic rings. The van der Waals surface area contributed by atoms with Crippen molar-refractivity contribution >= 4 is 17.5 Å². The van der Waals surface area contributed by atoms with Gasteiger partial charge in [-0.2, -0.15) is 5.26 Å². The van der Waals surface area contributed by atoms with Crippen LogP contribution in [0, 0.1) is 25.2 Å². The molecule has 0 radical (unpaired) electrons. The summed E-state index contributed by atoms with van der Waals surface area (Å²) in [4.78, 5) is 41.9. The second-order valence-corrected chi connectivity index (χ2v) is 6.94. The Morgan fingerprint density at radius 3 is 2.58 bits per heavy atom. The van der Waals surface area contributed by atoms with E-state index in [2.05, 4.69) is 15.6 Å². The molecule has 0 saturated carbocycles. The van der Waals surface area contributed by atoms with Crippen molar-refractivity contribution in [1.29, 1.82) is 5.26 Å². The Bertz CT molecular complexity index is 1230. The summed E-state index contributed by atoms with van der Waals surface area (Å²) in [6, 6.07) is 15.6. The van der Waals surface area contributed by atoms with Crippen molar-refractivity contribution in [3.8, 4) is 6.07 Å². The Kier molecular flexibility index (Phi) is 6.58. The number of nitriles is 1. The van der Waals surface area contributed by atoms with Crippen LogP contribution in [0.2, 0.25) is 0 Å². The highest BCUT2D eigenvalue weighted by molar-refractivity contribution is 6.03. The van der Waals surface area contributed by atoms with Crippen molar-refractivity contribution in [2.24, 2.45) is 0 Å². The van der Waals surface area contributed by atoms with Crippen molar-refractivity contribution in [3.63, 3.8) is 0 Å². The van der Waals surface area contributed by atoms with Crippen LogP contribution in [0.25, 0.3) is 0 Å². The number of anilines is 1. The second-order valence-electron chi connectivity index (χ2n) is 6.94. The Balaban J connectivity index is 1.75. The van der Waals surface area contributed by atoms with E-state index in [-0.39, 0.29) is 30.1 Å². The van der Waals surface area contributed by atoms with E-state index in [1.807, 2.05) is 12.1 Å². The monoisotopic (exact) mass is 415 g/mol. The van der Waals surface area contributed by atoms with E-state index < -0.39 is 11.5 Å². The molecular formula is C23H21N5O3. The van der Waals surface area contributed by atoms with Crippen molar-refractivity contribution in [1.82, 2.24) is 14.9 Å². The minimum Gasteiger partial charge on any atom is -0.346 e. The van der Waals surface area contributed by atoms with Gasteiger partial charge in [-0.05, 0) is 49.7 Å². The molecule has 1 aromatic carbocycles. The van der Waals surface area contributed by atoms with Crippen LogP contribution in [0.5, 0.6) is 0 Å². The number of nitrogens with one attached hydrogen (secondary N) is 2. The first-order chi connectivity index (χ1) is 14.9. The maximum Gasteiger partial charge on any atom is 0.269 e. The molecule has 3 rings (SSSR count). The fourth-order valence-electron chi connectivity index (χ4n) is 3.15. The van der Waals surface area contributed by atoms with E-state index >= 15 is 0 Å². The number of benzene rings is 1. The molecular weight excluding hydrogens is 394 g/mol. The van der Waals surface area contributed by atoms with E-state index in [0.717, 1.165) is 0 Å². The second kappa shape index (κ2) is 9.50. The van der Waals surface area contributed by atoms with Gasteiger partial charge in [-0.3, -0.25) is 19.4 Å². The highest BCUT2D eigenvalue weighted by Gasteiger charge is 2.16. The van der Waals surface area contributed by atoms with Crippen LogP contribution in [0.3, 0.4) is 0 Å². The summed E-state index contributed by atoms with van der Waals surface area (Å²) in [7, 11) is 0. The van der Waals surface area contributed by atoms with Gasteiger partial charge in [0.1, 0.15) is 18.2 Å². The minimum absolute atomic E-state index is 0.00713. The summed E-state index contributed by atoms with van der Waals surface area (Å²) in [5.41, 5.74) is 1.94. The van der Waals surface area contributed by atoms with Crippen LogP contribution in [-0.4, -0.2) is 21.4 Å². The lowest BCUT2D eigenvalue weighted by Gasteiger charge is -2.14. The first kappa shape index (κ1) is 21.5. The van der Waals surface area contributed by atoms with Crippen LogP contribution >= 0.6 is 0 Å². The van der Waals surface area contributed by atoms with Crippen molar-refractivity contribution < 1.29 is 9.59 Å². The van der Waals surface area contributed by atoms with Gasteiger partial charge in [0, 0.05) is 11.9 Å². The maximum atomic E-state index is 12.6. The predicted molar refractivity (Wildman–Crippen MR) is 115 cm³/mol. The maximum absolute atomic E-state index is 12.6. The van der Waals surface area contributed by atoms with E-state index in [1.165, 1.54) is 4.57 Å². The molecule has 0 aliphatic heterocycles. The molecule has 156 valence electrons. The van der Waals surface area contributed by atoms with E-state index in [4.69, 9.17) is 0 Å². The lowest BCUT2D eigenvalue weighted by Crippen LogP contribution is -2.32. The van der Waals surface area contributed by atoms with Crippen molar-refractivity contribution in [2.45, 2.75) is 26.9 Å². The molecule has 2 aromatic heterocycles. The standard InChI is InChI=1S/C23H21N5O3/c1-15-11-16(2)28(23(31)19(15)12-24)14-21(29)27-20-9-4-3-8-18(20)22(30)26-13-17-7-5-6-10-25-17/h3-11H,13-14H2,1-2H3,(H,26,30)(H,27,29). The number of amides is 2. The van der Waals surface area contributed by atoms with Crippen molar-refractivity contribution in [3.05, 3.63) is 93.2 Å².